The van der Waals surface area contributed by atoms with Crippen molar-refractivity contribution in [3.8, 4) is 0 Å². The van der Waals surface area contributed by atoms with Gasteiger partial charge in [-0.15, -0.1) is 0 Å². The van der Waals surface area contributed by atoms with Gasteiger partial charge in [-0.05, 0) is 6.42 Å². The first-order chi connectivity index (χ1) is 5.85. The Labute approximate surface area is 74.4 Å². The fourth-order valence-corrected chi connectivity index (χ4v) is 0.867. The summed E-state index contributed by atoms with van der Waals surface area (Å²) in [6, 6.07) is 0. The van der Waals surface area contributed by atoms with Gasteiger partial charge in [0.15, 0.2) is 0 Å². The molecule has 0 aliphatic rings. The Bertz CT molecular complexity index is 81.8. The zero-order valence-electron chi connectivity index (χ0n) is 7.83. The quantitative estimate of drug-likeness (QED) is 0.538. The van der Waals surface area contributed by atoms with E-state index in [9.17, 15) is 0 Å². The number of hydrogen-bond donors (Lipinski definition) is 2. The van der Waals surface area contributed by atoms with Crippen molar-refractivity contribution in [2.45, 2.75) is 26.2 Å². The van der Waals surface area contributed by atoms with E-state index in [1.165, 1.54) is 12.8 Å². The highest BCUT2D eigenvalue weighted by Crippen LogP contribution is 1.98. The van der Waals surface area contributed by atoms with Crippen LogP contribution in [0.1, 0.15) is 26.2 Å². The maximum absolute atomic E-state index is 8.69. The van der Waals surface area contributed by atoms with Gasteiger partial charge >= 0.3 is 0 Å². The van der Waals surface area contributed by atoms with Gasteiger partial charge in [-0.1, -0.05) is 19.8 Å². The molecule has 0 aromatic heterocycles. The van der Waals surface area contributed by atoms with Gasteiger partial charge in [0, 0.05) is 12.5 Å². The SMILES string of the molecule is CCCCCOCC(CO)CO. The molecular formula is C9H20O3. The number of hydrogen-bond acceptors (Lipinski definition) is 3. The zero-order valence-corrected chi connectivity index (χ0v) is 7.83. The largest absolute Gasteiger partial charge is 0.396 e. The lowest BCUT2D eigenvalue weighted by atomic mass is 10.2. The summed E-state index contributed by atoms with van der Waals surface area (Å²) in [5.41, 5.74) is 0. The molecule has 0 saturated heterocycles. The third kappa shape index (κ3) is 6.58. The first-order valence-corrected chi connectivity index (χ1v) is 4.64. The van der Waals surface area contributed by atoms with Gasteiger partial charge in [0.25, 0.3) is 0 Å². The molecule has 0 heterocycles. The molecule has 0 radical (unpaired) electrons. The lowest BCUT2D eigenvalue weighted by molar-refractivity contribution is 0.0437. The van der Waals surface area contributed by atoms with Crippen LogP contribution in [0.4, 0.5) is 0 Å². The van der Waals surface area contributed by atoms with E-state index in [1.807, 2.05) is 0 Å². The van der Waals surface area contributed by atoms with E-state index < -0.39 is 0 Å². The monoisotopic (exact) mass is 176 g/mol. The lowest BCUT2D eigenvalue weighted by Crippen LogP contribution is -2.18. The summed E-state index contributed by atoms with van der Waals surface area (Å²) in [4.78, 5) is 0. The minimum Gasteiger partial charge on any atom is -0.396 e. The average Bonchev–Trinajstić information content (AvgIpc) is 2.11. The molecular weight excluding hydrogens is 156 g/mol. The summed E-state index contributed by atoms with van der Waals surface area (Å²) < 4.78 is 5.26. The number of aliphatic hydroxyl groups is 2. The molecule has 0 atom stereocenters. The van der Waals surface area contributed by atoms with Gasteiger partial charge in [0.1, 0.15) is 0 Å². The standard InChI is InChI=1S/C9H20O3/c1-2-3-4-5-12-8-9(6-10)7-11/h9-11H,2-8H2,1H3. The Morgan fingerprint density at radius 3 is 2.33 bits per heavy atom. The number of aliphatic hydroxyl groups excluding tert-OH is 2. The Morgan fingerprint density at radius 2 is 1.83 bits per heavy atom. The van der Waals surface area contributed by atoms with Gasteiger partial charge in [0.2, 0.25) is 0 Å². The molecule has 0 saturated carbocycles. The van der Waals surface area contributed by atoms with Gasteiger partial charge < -0.3 is 14.9 Å². The Hall–Kier alpha value is -0.120. The minimum atomic E-state index is -0.105. The second-order valence-electron chi connectivity index (χ2n) is 3.01. The smallest absolute Gasteiger partial charge is 0.0538 e. The van der Waals surface area contributed by atoms with E-state index in [2.05, 4.69) is 6.92 Å². The van der Waals surface area contributed by atoms with Crippen molar-refractivity contribution in [2.24, 2.45) is 5.92 Å². The third-order valence-electron chi connectivity index (χ3n) is 1.76. The molecule has 0 bridgehead atoms. The molecule has 3 heteroatoms. The van der Waals surface area contributed by atoms with Crippen molar-refractivity contribution >= 4 is 0 Å². The van der Waals surface area contributed by atoms with Crippen LogP contribution in [0.2, 0.25) is 0 Å². The van der Waals surface area contributed by atoms with Crippen LogP contribution in [0, 0.1) is 5.92 Å². The van der Waals surface area contributed by atoms with Crippen molar-refractivity contribution in [3.63, 3.8) is 0 Å². The Balaban J connectivity index is 3.06. The highest BCUT2D eigenvalue weighted by molar-refractivity contribution is 4.52. The van der Waals surface area contributed by atoms with Crippen LogP contribution in [-0.4, -0.2) is 36.6 Å². The molecule has 3 nitrogen and oxygen atoms in total. The van der Waals surface area contributed by atoms with Gasteiger partial charge in [-0.2, -0.15) is 0 Å². The first kappa shape index (κ1) is 11.9. The predicted octanol–water partition coefficient (Wildman–Crippen LogP) is 0.794. The fraction of sp³-hybridized carbons (Fsp3) is 1.00. The summed E-state index contributed by atoms with van der Waals surface area (Å²) in [5, 5.41) is 17.4. The van der Waals surface area contributed by atoms with Crippen LogP contribution in [-0.2, 0) is 4.74 Å². The molecule has 0 aliphatic carbocycles. The molecule has 0 amide bonds. The lowest BCUT2D eigenvalue weighted by Gasteiger charge is -2.10. The zero-order chi connectivity index (χ0) is 9.23. The first-order valence-electron chi connectivity index (χ1n) is 4.64. The van der Waals surface area contributed by atoms with E-state index in [4.69, 9.17) is 14.9 Å². The maximum atomic E-state index is 8.69. The van der Waals surface area contributed by atoms with Gasteiger partial charge in [-0.25, -0.2) is 0 Å². The molecule has 0 aliphatic heterocycles. The Morgan fingerprint density at radius 1 is 1.17 bits per heavy atom. The molecule has 0 unspecified atom stereocenters. The van der Waals surface area contributed by atoms with Crippen LogP contribution >= 0.6 is 0 Å². The molecule has 2 N–H and O–H groups in total. The van der Waals surface area contributed by atoms with Crippen molar-refractivity contribution in [3.05, 3.63) is 0 Å². The van der Waals surface area contributed by atoms with E-state index in [1.54, 1.807) is 0 Å². The second-order valence-corrected chi connectivity index (χ2v) is 3.01. The van der Waals surface area contributed by atoms with Crippen molar-refractivity contribution < 1.29 is 14.9 Å². The summed E-state index contributed by atoms with van der Waals surface area (Å²) in [5.74, 6) is -0.105. The topological polar surface area (TPSA) is 49.7 Å². The van der Waals surface area contributed by atoms with E-state index in [0.29, 0.717) is 6.61 Å². The summed E-state index contributed by atoms with van der Waals surface area (Å²) in [6.07, 6.45) is 3.44. The Kier molecular flexibility index (Phi) is 8.88. The van der Waals surface area contributed by atoms with Crippen LogP contribution in [0.15, 0.2) is 0 Å². The van der Waals surface area contributed by atoms with Gasteiger partial charge in [-0.3, -0.25) is 0 Å². The highest BCUT2D eigenvalue weighted by atomic mass is 16.5. The van der Waals surface area contributed by atoms with Crippen LogP contribution in [0.5, 0.6) is 0 Å². The summed E-state index contributed by atoms with van der Waals surface area (Å²) >= 11 is 0. The van der Waals surface area contributed by atoms with Crippen LogP contribution < -0.4 is 0 Å². The summed E-state index contributed by atoms with van der Waals surface area (Å²) in [6.45, 7) is 3.36. The normalized spacial score (nSPS) is 11.0. The summed E-state index contributed by atoms with van der Waals surface area (Å²) in [7, 11) is 0. The number of rotatable bonds is 8. The molecule has 0 aromatic carbocycles. The van der Waals surface area contributed by atoms with E-state index >= 15 is 0 Å². The highest BCUT2D eigenvalue weighted by Gasteiger charge is 2.04. The molecule has 12 heavy (non-hydrogen) atoms. The fourth-order valence-electron chi connectivity index (χ4n) is 0.867. The van der Waals surface area contributed by atoms with Crippen molar-refractivity contribution in [1.29, 1.82) is 0 Å². The molecule has 0 aromatic rings. The minimum absolute atomic E-state index is 0.00424. The van der Waals surface area contributed by atoms with E-state index in [0.717, 1.165) is 13.0 Å². The maximum Gasteiger partial charge on any atom is 0.0538 e. The predicted molar refractivity (Wildman–Crippen MR) is 48.0 cm³/mol. The molecule has 0 fully saturated rings. The average molecular weight is 176 g/mol. The molecule has 0 spiro atoms. The molecule has 74 valence electrons. The third-order valence-corrected chi connectivity index (χ3v) is 1.76. The van der Waals surface area contributed by atoms with Crippen molar-refractivity contribution in [2.75, 3.05) is 26.4 Å². The second kappa shape index (κ2) is 8.97. The molecule has 0 rings (SSSR count). The van der Waals surface area contributed by atoms with Gasteiger partial charge in [0.05, 0.1) is 19.8 Å². The van der Waals surface area contributed by atoms with Crippen LogP contribution in [0.25, 0.3) is 0 Å². The van der Waals surface area contributed by atoms with Crippen LogP contribution in [0.3, 0.4) is 0 Å². The van der Waals surface area contributed by atoms with Crippen molar-refractivity contribution in [1.82, 2.24) is 0 Å². The number of unbranched alkanes of at least 4 members (excludes halogenated alkanes) is 2. The number of ether oxygens (including phenoxy) is 1. The van der Waals surface area contributed by atoms with E-state index in [-0.39, 0.29) is 19.1 Å².